The van der Waals surface area contributed by atoms with Gasteiger partial charge in [0, 0.05) is 6.54 Å². The van der Waals surface area contributed by atoms with Gasteiger partial charge in [-0.2, -0.15) is 0 Å². The molecular weight excluding hydrogens is 453 g/mol. The van der Waals surface area contributed by atoms with Gasteiger partial charge in [0.1, 0.15) is 11.9 Å². The molecule has 198 valence electrons. The minimum Gasteiger partial charge on any atom is -0.330 e. The molecule has 1 saturated carbocycles. The summed E-state index contributed by atoms with van der Waals surface area (Å²) in [6, 6.07) is -0.850. The van der Waals surface area contributed by atoms with Gasteiger partial charge < -0.3 is 4.90 Å². The van der Waals surface area contributed by atoms with Crippen molar-refractivity contribution in [3.63, 3.8) is 0 Å². The summed E-state index contributed by atoms with van der Waals surface area (Å²) in [5.41, 5.74) is -0.190. The first kappa shape index (κ1) is 30.5. The molecule has 1 heterocycles. The topological polar surface area (TPSA) is 107 Å². The summed E-state index contributed by atoms with van der Waals surface area (Å²) in [5, 5.41) is 12.4. The van der Waals surface area contributed by atoms with Crippen molar-refractivity contribution in [2.24, 2.45) is 11.8 Å². The van der Waals surface area contributed by atoms with E-state index in [1.165, 1.54) is 11.0 Å². The van der Waals surface area contributed by atoms with E-state index in [2.05, 4.69) is 5.32 Å². The van der Waals surface area contributed by atoms with Crippen molar-refractivity contribution in [3.05, 3.63) is 23.6 Å². The van der Waals surface area contributed by atoms with Crippen LogP contribution in [0.3, 0.4) is 0 Å². The zero-order chi connectivity index (χ0) is 26.4. The Kier molecular flexibility index (Phi) is 14.1. The second-order valence-electron chi connectivity index (χ2n) is 8.80. The van der Waals surface area contributed by atoms with Crippen molar-refractivity contribution in [3.8, 4) is 0 Å². The summed E-state index contributed by atoms with van der Waals surface area (Å²) < 4.78 is 14.2. The highest BCUT2D eigenvalue weighted by Gasteiger charge is 2.39. The molecule has 1 saturated heterocycles. The molecule has 2 unspecified atom stereocenters. The normalized spacial score (nSPS) is 19.6. The molecule has 1 aliphatic carbocycles. The Hall–Kier alpha value is -2.55. The first-order chi connectivity index (χ1) is 16.8. The molecule has 2 fully saturated rings. The first-order valence-corrected chi connectivity index (χ1v) is 12.9. The van der Waals surface area contributed by atoms with Crippen LogP contribution >= 0.6 is 0 Å². The largest absolute Gasteiger partial charge is 0.330 e. The molecule has 0 aromatic rings. The maximum absolute atomic E-state index is 14.2. The number of halogens is 1. The van der Waals surface area contributed by atoms with Gasteiger partial charge in [-0.1, -0.05) is 65.5 Å². The zero-order valence-corrected chi connectivity index (χ0v) is 21.6. The predicted octanol–water partition coefficient (Wildman–Crippen LogP) is 4.29. The molecule has 4 amide bonds. The molecule has 9 heteroatoms. The van der Waals surface area contributed by atoms with E-state index in [1.807, 2.05) is 20.8 Å². The number of carbonyl (C=O) groups excluding carboxylic acids is 4. The number of hydrogen-bond donors (Lipinski definition) is 2. The van der Waals surface area contributed by atoms with E-state index in [4.69, 9.17) is 0 Å². The van der Waals surface area contributed by atoms with Crippen molar-refractivity contribution in [2.45, 2.75) is 91.5 Å². The number of allylic oxidation sites excluding steroid dienone is 2. The van der Waals surface area contributed by atoms with Gasteiger partial charge in [-0.3, -0.25) is 29.7 Å². The monoisotopic (exact) mass is 495 g/mol. The summed E-state index contributed by atoms with van der Waals surface area (Å²) in [6.45, 7) is 7.64. The standard InChI is InChI=1S/C24H36FN3O5.C2H6/c1-3-5-11-19(20(25)4-2)22(30)26-23(31)21-12-8-13-28(21)24(32)18(15-27(33)16-29)14-17-9-6-7-10-17;1-2/h5,11,16-18,21,33H,3-4,6-10,12-15H2,1-2H3,(H,26,30,31);1-2H3/b11-5-,20-19-;. The van der Waals surface area contributed by atoms with E-state index in [1.54, 1.807) is 13.0 Å². The lowest BCUT2D eigenvalue weighted by atomic mass is 9.91. The average molecular weight is 496 g/mol. The lowest BCUT2D eigenvalue weighted by Gasteiger charge is -2.30. The predicted molar refractivity (Wildman–Crippen MR) is 132 cm³/mol. The van der Waals surface area contributed by atoms with Gasteiger partial charge in [-0.15, -0.1) is 0 Å². The molecule has 2 aliphatic rings. The molecule has 2 atom stereocenters. The first-order valence-electron chi connectivity index (χ1n) is 12.9. The van der Waals surface area contributed by atoms with Crippen molar-refractivity contribution < 1.29 is 28.8 Å². The lowest BCUT2D eigenvalue weighted by Crippen LogP contribution is -2.50. The van der Waals surface area contributed by atoms with E-state index >= 15 is 0 Å². The number of imide groups is 1. The van der Waals surface area contributed by atoms with Gasteiger partial charge in [-0.05, 0) is 38.0 Å². The van der Waals surface area contributed by atoms with E-state index in [0.717, 1.165) is 25.7 Å². The highest BCUT2D eigenvalue weighted by Crippen LogP contribution is 2.32. The number of carbonyl (C=O) groups is 4. The van der Waals surface area contributed by atoms with Crippen molar-refractivity contribution in [1.29, 1.82) is 0 Å². The molecule has 8 nitrogen and oxygen atoms in total. The number of hydrogen-bond acceptors (Lipinski definition) is 5. The van der Waals surface area contributed by atoms with Crippen molar-refractivity contribution >= 4 is 24.1 Å². The third-order valence-electron chi connectivity index (χ3n) is 6.41. The fourth-order valence-electron chi connectivity index (χ4n) is 4.69. The molecule has 0 bridgehead atoms. The van der Waals surface area contributed by atoms with E-state index < -0.39 is 29.6 Å². The third kappa shape index (κ3) is 9.20. The van der Waals surface area contributed by atoms with Gasteiger partial charge in [0.15, 0.2) is 0 Å². The van der Waals surface area contributed by atoms with Crippen molar-refractivity contribution in [2.75, 3.05) is 13.1 Å². The summed E-state index contributed by atoms with van der Waals surface area (Å²) in [4.78, 5) is 51.2. The van der Waals surface area contributed by atoms with Crippen LogP contribution < -0.4 is 5.32 Å². The Balaban J connectivity index is 0.00000298. The quantitative estimate of drug-likeness (QED) is 0.146. The van der Waals surface area contributed by atoms with Crippen molar-refractivity contribution in [1.82, 2.24) is 15.3 Å². The third-order valence-corrected chi connectivity index (χ3v) is 6.41. The minimum atomic E-state index is -0.850. The summed E-state index contributed by atoms with van der Waals surface area (Å²) in [7, 11) is 0. The number of likely N-dealkylation sites (tertiary alicyclic amines) is 1. The van der Waals surface area contributed by atoms with Crippen LogP contribution in [-0.4, -0.2) is 58.4 Å². The molecule has 2 rings (SSSR count). The number of hydroxylamine groups is 2. The van der Waals surface area contributed by atoms with E-state index in [9.17, 15) is 28.8 Å². The molecule has 0 spiro atoms. The van der Waals surface area contributed by atoms with E-state index in [-0.39, 0.29) is 30.9 Å². The van der Waals surface area contributed by atoms with Crippen LogP contribution in [0.4, 0.5) is 4.39 Å². The molecule has 0 aromatic carbocycles. The fourth-order valence-corrected chi connectivity index (χ4v) is 4.69. The second kappa shape index (κ2) is 16.2. The Morgan fingerprint density at radius 2 is 1.80 bits per heavy atom. The second-order valence-corrected chi connectivity index (χ2v) is 8.80. The molecule has 0 radical (unpaired) electrons. The van der Waals surface area contributed by atoms with Gasteiger partial charge in [0.05, 0.1) is 18.0 Å². The Morgan fingerprint density at radius 1 is 1.14 bits per heavy atom. The van der Waals surface area contributed by atoms with Gasteiger partial charge in [0.25, 0.3) is 5.91 Å². The Bertz CT molecular complexity index is 777. The SMILES string of the molecule is CC.CC/C=C\C(C(=O)NC(=O)C1CCCN1C(=O)C(CC1CCCC1)CN(O)C=O)=C(\F)CC. The fraction of sp³-hybridized carbons (Fsp3) is 0.692. The number of amides is 4. The van der Waals surface area contributed by atoms with Gasteiger partial charge in [0.2, 0.25) is 18.2 Å². The Morgan fingerprint density at radius 3 is 2.37 bits per heavy atom. The number of nitrogens with one attached hydrogen (secondary N) is 1. The Labute approximate surface area is 208 Å². The van der Waals surface area contributed by atoms with Crippen LogP contribution in [0.5, 0.6) is 0 Å². The minimum absolute atomic E-state index is 0.0241. The highest BCUT2D eigenvalue weighted by atomic mass is 19.1. The zero-order valence-electron chi connectivity index (χ0n) is 21.6. The van der Waals surface area contributed by atoms with Crippen LogP contribution in [0.15, 0.2) is 23.6 Å². The molecular formula is C26H42FN3O5. The average Bonchev–Trinajstić information content (AvgIpc) is 3.56. The smallest absolute Gasteiger partial charge is 0.260 e. The molecule has 35 heavy (non-hydrogen) atoms. The maximum atomic E-state index is 14.2. The van der Waals surface area contributed by atoms with Crippen LogP contribution in [0.25, 0.3) is 0 Å². The highest BCUT2D eigenvalue weighted by molar-refractivity contribution is 6.08. The summed E-state index contributed by atoms with van der Waals surface area (Å²) in [6.07, 6.45) is 9.60. The lowest BCUT2D eigenvalue weighted by molar-refractivity contribution is -0.158. The van der Waals surface area contributed by atoms with Crippen LogP contribution in [-0.2, 0) is 19.2 Å². The number of rotatable bonds is 11. The number of nitrogens with zero attached hydrogens (tertiary/aromatic N) is 2. The van der Waals surface area contributed by atoms with Gasteiger partial charge >= 0.3 is 0 Å². The molecule has 2 N–H and O–H groups in total. The van der Waals surface area contributed by atoms with Crippen LogP contribution in [0.1, 0.15) is 85.5 Å². The maximum Gasteiger partial charge on any atom is 0.260 e. The van der Waals surface area contributed by atoms with Crippen LogP contribution in [0, 0.1) is 11.8 Å². The summed E-state index contributed by atoms with van der Waals surface area (Å²) in [5.74, 6) is -2.69. The van der Waals surface area contributed by atoms with Gasteiger partial charge in [-0.25, -0.2) is 9.45 Å². The molecule has 0 aromatic heterocycles. The van der Waals surface area contributed by atoms with Crippen LogP contribution in [0.2, 0.25) is 0 Å². The molecule has 1 aliphatic heterocycles. The van der Waals surface area contributed by atoms with E-state index in [0.29, 0.717) is 43.2 Å². The summed E-state index contributed by atoms with van der Waals surface area (Å²) >= 11 is 0.